The molecule has 2 aromatic heterocycles. The Labute approximate surface area is 161 Å². The number of oxazole rings is 1. The zero-order chi connectivity index (χ0) is 19.0. The van der Waals surface area contributed by atoms with Gasteiger partial charge in [-0.25, -0.2) is 4.98 Å². The van der Waals surface area contributed by atoms with E-state index in [1.54, 1.807) is 0 Å². The number of amides is 1. The third-order valence-electron chi connectivity index (χ3n) is 4.83. The van der Waals surface area contributed by atoms with E-state index in [1.807, 2.05) is 13.0 Å². The quantitative estimate of drug-likeness (QED) is 0.738. The molecule has 142 valence electrons. The second kappa shape index (κ2) is 7.24. The fourth-order valence-electron chi connectivity index (χ4n) is 3.38. The third kappa shape index (κ3) is 3.79. The van der Waals surface area contributed by atoms with Crippen LogP contribution in [-0.4, -0.2) is 52.2 Å². The molecule has 1 fully saturated rings. The van der Waals surface area contributed by atoms with E-state index >= 15 is 0 Å². The van der Waals surface area contributed by atoms with Gasteiger partial charge in [0.2, 0.25) is 16.2 Å². The zero-order valence-electron chi connectivity index (χ0n) is 15.6. The van der Waals surface area contributed by atoms with E-state index in [-0.39, 0.29) is 5.91 Å². The summed E-state index contributed by atoms with van der Waals surface area (Å²) in [4.78, 5) is 20.2. The standard InChI is InChI=1S/C18H22N6O2S/c1-11(14-4-5-16-15(10-14)20-13(3)26-16)23-6-8-24(9-7-23)18-22-21-17(27-18)19-12(2)25/h4-5,10-11H,6-9H2,1-3H3,(H,19,21,25). The van der Waals surface area contributed by atoms with Gasteiger partial charge in [0.15, 0.2) is 11.5 Å². The van der Waals surface area contributed by atoms with E-state index in [1.165, 1.54) is 23.8 Å². The first-order valence-electron chi connectivity index (χ1n) is 8.97. The fraction of sp³-hybridized carbons (Fsp3) is 0.444. The lowest BCUT2D eigenvalue weighted by Gasteiger charge is -2.37. The number of piperazine rings is 1. The maximum absolute atomic E-state index is 11.1. The lowest BCUT2D eigenvalue weighted by Crippen LogP contribution is -2.47. The van der Waals surface area contributed by atoms with Gasteiger partial charge in [0, 0.05) is 46.1 Å². The molecule has 0 bridgehead atoms. The Kier molecular flexibility index (Phi) is 4.79. The van der Waals surface area contributed by atoms with Crippen LogP contribution < -0.4 is 10.2 Å². The predicted octanol–water partition coefficient (Wildman–Crippen LogP) is 2.83. The Morgan fingerprint density at radius 2 is 2.04 bits per heavy atom. The molecule has 1 aromatic carbocycles. The highest BCUT2D eigenvalue weighted by molar-refractivity contribution is 7.19. The number of nitrogens with zero attached hydrogens (tertiary/aromatic N) is 5. The Morgan fingerprint density at radius 1 is 1.26 bits per heavy atom. The number of nitrogens with one attached hydrogen (secondary N) is 1. The van der Waals surface area contributed by atoms with Gasteiger partial charge in [-0.05, 0) is 24.6 Å². The number of aromatic nitrogens is 3. The molecule has 1 N–H and O–H groups in total. The number of carbonyl (C=O) groups excluding carboxylic acids is 1. The van der Waals surface area contributed by atoms with Crippen molar-refractivity contribution < 1.29 is 9.21 Å². The normalized spacial score (nSPS) is 16.6. The highest BCUT2D eigenvalue weighted by atomic mass is 32.1. The molecule has 0 saturated carbocycles. The fourth-order valence-corrected chi connectivity index (χ4v) is 4.22. The summed E-state index contributed by atoms with van der Waals surface area (Å²) in [7, 11) is 0. The van der Waals surface area contributed by atoms with Crippen LogP contribution in [0.2, 0.25) is 0 Å². The van der Waals surface area contributed by atoms with E-state index in [0.29, 0.717) is 17.1 Å². The second-order valence-electron chi connectivity index (χ2n) is 6.73. The average Bonchev–Trinajstić information content (AvgIpc) is 3.25. The molecular weight excluding hydrogens is 364 g/mol. The molecule has 4 rings (SSSR count). The third-order valence-corrected chi connectivity index (χ3v) is 5.73. The summed E-state index contributed by atoms with van der Waals surface area (Å²) in [6.45, 7) is 9.20. The number of rotatable bonds is 4. The molecule has 9 heteroatoms. The SMILES string of the molecule is CC(=O)Nc1nnc(N2CCN(C(C)c3ccc4oc(C)nc4c3)CC2)s1. The summed E-state index contributed by atoms with van der Waals surface area (Å²) in [6, 6.07) is 6.54. The molecule has 1 atom stereocenters. The van der Waals surface area contributed by atoms with Gasteiger partial charge in [0.25, 0.3) is 0 Å². The van der Waals surface area contributed by atoms with Gasteiger partial charge < -0.3 is 14.6 Å². The van der Waals surface area contributed by atoms with Crippen LogP contribution >= 0.6 is 11.3 Å². The minimum absolute atomic E-state index is 0.129. The van der Waals surface area contributed by atoms with Crippen LogP contribution in [0.15, 0.2) is 22.6 Å². The predicted molar refractivity (Wildman–Crippen MR) is 105 cm³/mol. The highest BCUT2D eigenvalue weighted by Crippen LogP contribution is 2.28. The second-order valence-corrected chi connectivity index (χ2v) is 7.69. The van der Waals surface area contributed by atoms with E-state index in [9.17, 15) is 4.79 Å². The highest BCUT2D eigenvalue weighted by Gasteiger charge is 2.24. The van der Waals surface area contributed by atoms with E-state index < -0.39 is 0 Å². The van der Waals surface area contributed by atoms with Gasteiger partial charge in [0.05, 0.1) is 0 Å². The number of anilines is 2. The van der Waals surface area contributed by atoms with Crippen LogP contribution in [0.1, 0.15) is 31.3 Å². The van der Waals surface area contributed by atoms with Crippen molar-refractivity contribution in [1.29, 1.82) is 0 Å². The van der Waals surface area contributed by atoms with Crippen LogP contribution in [0.4, 0.5) is 10.3 Å². The summed E-state index contributed by atoms with van der Waals surface area (Å²) in [5, 5.41) is 12.3. The molecule has 1 aliphatic heterocycles. The summed E-state index contributed by atoms with van der Waals surface area (Å²) < 4.78 is 5.57. The van der Waals surface area contributed by atoms with Gasteiger partial charge >= 0.3 is 0 Å². The van der Waals surface area contributed by atoms with E-state index in [2.05, 4.69) is 49.4 Å². The first kappa shape index (κ1) is 17.9. The number of hydrogen-bond acceptors (Lipinski definition) is 8. The van der Waals surface area contributed by atoms with Gasteiger partial charge in [-0.1, -0.05) is 17.4 Å². The minimum Gasteiger partial charge on any atom is -0.441 e. The van der Waals surface area contributed by atoms with Crippen molar-refractivity contribution in [3.8, 4) is 0 Å². The molecule has 0 aliphatic carbocycles. The van der Waals surface area contributed by atoms with Crippen LogP contribution in [0.5, 0.6) is 0 Å². The van der Waals surface area contributed by atoms with Gasteiger partial charge in [-0.3, -0.25) is 9.69 Å². The molecule has 3 aromatic rings. The lowest BCUT2D eigenvalue weighted by atomic mass is 10.1. The number of fused-ring (bicyclic) bond motifs is 1. The number of aryl methyl sites for hydroxylation is 1. The van der Waals surface area contributed by atoms with Crippen molar-refractivity contribution in [2.24, 2.45) is 0 Å². The van der Waals surface area contributed by atoms with Gasteiger partial charge in [0.1, 0.15) is 5.52 Å². The smallest absolute Gasteiger partial charge is 0.223 e. The van der Waals surface area contributed by atoms with E-state index in [0.717, 1.165) is 42.4 Å². The average molecular weight is 386 g/mol. The molecule has 1 saturated heterocycles. The molecule has 0 radical (unpaired) electrons. The monoisotopic (exact) mass is 386 g/mol. The summed E-state index contributed by atoms with van der Waals surface area (Å²) in [5.41, 5.74) is 2.99. The van der Waals surface area contributed by atoms with Crippen molar-refractivity contribution in [3.63, 3.8) is 0 Å². The molecule has 8 nitrogen and oxygen atoms in total. The summed E-state index contributed by atoms with van der Waals surface area (Å²) in [5.74, 6) is 0.565. The first-order chi connectivity index (χ1) is 13.0. The van der Waals surface area contributed by atoms with Crippen molar-refractivity contribution in [2.45, 2.75) is 26.8 Å². The maximum atomic E-state index is 11.1. The van der Waals surface area contributed by atoms with Crippen molar-refractivity contribution >= 4 is 38.6 Å². The molecule has 3 heterocycles. The van der Waals surface area contributed by atoms with Crippen molar-refractivity contribution in [1.82, 2.24) is 20.1 Å². The summed E-state index contributed by atoms with van der Waals surface area (Å²) in [6.07, 6.45) is 0. The number of carbonyl (C=O) groups is 1. The summed E-state index contributed by atoms with van der Waals surface area (Å²) >= 11 is 1.41. The Hall–Kier alpha value is -2.52. The lowest BCUT2D eigenvalue weighted by molar-refractivity contribution is -0.114. The molecule has 1 unspecified atom stereocenters. The Bertz CT molecular complexity index is 960. The Morgan fingerprint density at radius 3 is 2.78 bits per heavy atom. The molecular formula is C18H22N6O2S. The molecule has 1 amide bonds. The molecule has 0 spiro atoms. The van der Waals surface area contributed by atoms with Crippen LogP contribution in [-0.2, 0) is 4.79 Å². The van der Waals surface area contributed by atoms with Crippen LogP contribution in [0.25, 0.3) is 11.1 Å². The first-order valence-corrected chi connectivity index (χ1v) is 9.78. The van der Waals surface area contributed by atoms with Crippen molar-refractivity contribution in [2.75, 3.05) is 36.4 Å². The zero-order valence-corrected chi connectivity index (χ0v) is 16.4. The van der Waals surface area contributed by atoms with E-state index in [4.69, 9.17) is 4.42 Å². The number of benzene rings is 1. The van der Waals surface area contributed by atoms with Crippen LogP contribution in [0.3, 0.4) is 0 Å². The maximum Gasteiger partial charge on any atom is 0.223 e. The van der Waals surface area contributed by atoms with Gasteiger partial charge in [-0.15, -0.1) is 10.2 Å². The molecule has 1 aliphatic rings. The van der Waals surface area contributed by atoms with Crippen molar-refractivity contribution in [3.05, 3.63) is 29.7 Å². The minimum atomic E-state index is -0.129. The van der Waals surface area contributed by atoms with Crippen LogP contribution in [0, 0.1) is 6.92 Å². The topological polar surface area (TPSA) is 87.4 Å². The van der Waals surface area contributed by atoms with Gasteiger partial charge in [-0.2, -0.15) is 0 Å². The Balaban J connectivity index is 1.40. The molecule has 27 heavy (non-hydrogen) atoms. The number of hydrogen-bond donors (Lipinski definition) is 1. The largest absolute Gasteiger partial charge is 0.441 e.